The van der Waals surface area contributed by atoms with Crippen molar-refractivity contribution in [3.05, 3.63) is 12.7 Å². The summed E-state index contributed by atoms with van der Waals surface area (Å²) in [5.74, 6) is 0. The second kappa shape index (κ2) is 22.4. The lowest BCUT2D eigenvalue weighted by molar-refractivity contribution is 0.469. The maximum atomic E-state index is 11.1. The Labute approximate surface area is 75.7 Å². The zero-order chi connectivity index (χ0) is 8.95. The monoisotopic (exact) mass is 180 g/mol. The minimum atomic E-state index is -0.216. The van der Waals surface area contributed by atoms with Crippen LogP contribution in [0.25, 0.3) is 0 Å². The Bertz CT molecular complexity index is 60.9. The van der Waals surface area contributed by atoms with Gasteiger partial charge in [-0.2, -0.15) is 0 Å². The van der Waals surface area contributed by atoms with E-state index in [0.717, 1.165) is 19.3 Å². The van der Waals surface area contributed by atoms with Crippen molar-refractivity contribution in [3.8, 4) is 0 Å². The first-order chi connectivity index (χ1) is 5.33. The first-order valence-corrected chi connectivity index (χ1v) is 4.06. The van der Waals surface area contributed by atoms with Crippen LogP contribution in [0.2, 0.25) is 0 Å². The van der Waals surface area contributed by atoms with Crippen LogP contribution >= 0.6 is 0 Å². The molecule has 2 heteroatoms. The Morgan fingerprint density at radius 2 is 1.67 bits per heavy atom. The summed E-state index contributed by atoms with van der Waals surface area (Å²) in [4.78, 5) is 0. The summed E-state index contributed by atoms with van der Waals surface area (Å²) in [5.41, 5.74) is 0. The molecule has 0 aliphatic rings. The molecular formula is C10H22F2. The molecule has 0 bridgehead atoms. The van der Waals surface area contributed by atoms with Gasteiger partial charge in [0.1, 0.15) is 0 Å². The quantitative estimate of drug-likeness (QED) is 0.436. The molecule has 0 saturated carbocycles. The highest BCUT2D eigenvalue weighted by atomic mass is 19.1. The predicted octanol–water partition coefficient (Wildman–Crippen LogP) is 4.31. The van der Waals surface area contributed by atoms with E-state index < -0.39 is 0 Å². The van der Waals surface area contributed by atoms with E-state index in [0.29, 0.717) is 6.42 Å². The van der Waals surface area contributed by atoms with Gasteiger partial charge in [-0.1, -0.05) is 26.8 Å². The predicted molar refractivity (Wildman–Crippen MR) is 53.0 cm³/mol. The summed E-state index contributed by atoms with van der Waals surface area (Å²) in [6.45, 7) is 5.03. The van der Waals surface area contributed by atoms with E-state index in [9.17, 15) is 8.78 Å². The molecule has 0 aromatic rings. The fourth-order valence-corrected chi connectivity index (χ4v) is 0.355. The Morgan fingerprint density at radius 3 is 1.75 bits per heavy atom. The van der Waals surface area contributed by atoms with E-state index in [1.54, 1.807) is 6.08 Å². The van der Waals surface area contributed by atoms with Crippen molar-refractivity contribution in [2.75, 3.05) is 13.3 Å². The number of halogens is 2. The maximum Gasteiger partial charge on any atom is 0.0897 e. The molecule has 76 valence electrons. The highest BCUT2D eigenvalue weighted by Crippen LogP contribution is 1.87. The minimum Gasteiger partial charge on any atom is -0.251 e. The zero-order valence-corrected chi connectivity index (χ0v) is 7.28. The zero-order valence-electron chi connectivity index (χ0n) is 7.28. The highest BCUT2D eigenvalue weighted by molar-refractivity contribution is 4.64. The molecule has 0 aliphatic carbocycles. The van der Waals surface area contributed by atoms with Gasteiger partial charge in [-0.15, -0.1) is 6.58 Å². The van der Waals surface area contributed by atoms with Gasteiger partial charge in [0.15, 0.2) is 0 Å². The average molecular weight is 180 g/mol. The van der Waals surface area contributed by atoms with Crippen molar-refractivity contribution in [1.29, 1.82) is 0 Å². The molecule has 0 N–H and O–H groups in total. The molecule has 0 heterocycles. The average Bonchev–Trinajstić information content (AvgIpc) is 2.04. The number of alkyl halides is 2. The van der Waals surface area contributed by atoms with E-state index in [2.05, 4.69) is 6.58 Å². The molecule has 0 rings (SSSR count). The molecule has 0 aliphatic heterocycles. The molecule has 0 amide bonds. The summed E-state index contributed by atoms with van der Waals surface area (Å²) in [6.07, 6.45) is 4.84. The molecule has 0 unspecified atom stereocenters. The fourth-order valence-electron chi connectivity index (χ4n) is 0.355. The highest BCUT2D eigenvalue weighted by Gasteiger charge is 1.74. The van der Waals surface area contributed by atoms with Gasteiger partial charge in [-0.25, -0.2) is 0 Å². The molecule has 0 nitrogen and oxygen atoms in total. The van der Waals surface area contributed by atoms with Gasteiger partial charge in [0.05, 0.1) is 13.3 Å². The lowest BCUT2D eigenvalue weighted by Crippen LogP contribution is -1.69. The second-order valence-electron chi connectivity index (χ2n) is 2.16. The Hall–Kier alpha value is -0.400. The minimum absolute atomic E-state index is 0. The fraction of sp³-hybridized carbons (Fsp3) is 0.800. The van der Waals surface area contributed by atoms with Gasteiger partial charge >= 0.3 is 0 Å². The van der Waals surface area contributed by atoms with Crippen LogP contribution < -0.4 is 0 Å². The van der Waals surface area contributed by atoms with Crippen LogP contribution in [-0.2, 0) is 0 Å². The maximum absolute atomic E-state index is 11.1. The van der Waals surface area contributed by atoms with Gasteiger partial charge in [0.25, 0.3) is 0 Å². The van der Waals surface area contributed by atoms with Gasteiger partial charge in [-0.3, -0.25) is 8.78 Å². The third-order valence-corrected chi connectivity index (χ3v) is 1.03. The van der Waals surface area contributed by atoms with Gasteiger partial charge in [-0.05, 0) is 19.3 Å². The van der Waals surface area contributed by atoms with E-state index in [4.69, 9.17) is 0 Å². The summed E-state index contributed by atoms with van der Waals surface area (Å²) in [6, 6.07) is 0. The van der Waals surface area contributed by atoms with Gasteiger partial charge in [0, 0.05) is 0 Å². The summed E-state index contributed by atoms with van der Waals surface area (Å²) >= 11 is 0. The Balaban J connectivity index is -0.000000126. The molecule has 12 heavy (non-hydrogen) atoms. The first kappa shape index (κ1) is 17.6. The van der Waals surface area contributed by atoms with Gasteiger partial charge in [0.2, 0.25) is 0 Å². The van der Waals surface area contributed by atoms with Crippen molar-refractivity contribution in [1.82, 2.24) is 0 Å². The van der Waals surface area contributed by atoms with Crippen molar-refractivity contribution in [2.45, 2.75) is 40.0 Å². The largest absolute Gasteiger partial charge is 0.251 e. The number of hydrogen-bond acceptors (Lipinski definition) is 0. The Kier molecular flexibility index (Phi) is 32.9. The topological polar surface area (TPSA) is 0 Å². The molecule has 0 atom stereocenters. The third-order valence-electron chi connectivity index (χ3n) is 1.03. The number of hydrogen-bond donors (Lipinski definition) is 0. The van der Waals surface area contributed by atoms with Crippen LogP contribution in [-0.4, -0.2) is 13.3 Å². The van der Waals surface area contributed by atoms with E-state index in [1.807, 2.05) is 6.92 Å². The molecule has 0 aromatic carbocycles. The standard InChI is InChI=1S/C5H9F.C4H9F.CH4/c1-2-3-4-5-6;1-2-3-4-5;/h2H,1,3-5H2;2-4H2,1H3;1H4. The molecule has 0 spiro atoms. The summed E-state index contributed by atoms with van der Waals surface area (Å²) in [7, 11) is 0. The molecule has 0 fully saturated rings. The van der Waals surface area contributed by atoms with E-state index in [1.165, 1.54) is 0 Å². The molecular weight excluding hydrogens is 158 g/mol. The number of allylic oxidation sites excluding steroid dienone is 1. The normalized spacial score (nSPS) is 7.58. The number of unbranched alkanes of at least 4 members (excludes halogenated alkanes) is 2. The van der Waals surface area contributed by atoms with Crippen LogP contribution in [0.5, 0.6) is 0 Å². The molecule has 0 aromatic heterocycles. The molecule has 0 saturated heterocycles. The summed E-state index contributed by atoms with van der Waals surface area (Å²) in [5, 5.41) is 0. The Morgan fingerprint density at radius 1 is 1.17 bits per heavy atom. The molecule has 0 radical (unpaired) electrons. The second-order valence-corrected chi connectivity index (χ2v) is 2.16. The van der Waals surface area contributed by atoms with E-state index in [-0.39, 0.29) is 20.8 Å². The van der Waals surface area contributed by atoms with Crippen LogP contribution in [0, 0.1) is 0 Å². The lowest BCUT2D eigenvalue weighted by atomic mass is 10.3. The van der Waals surface area contributed by atoms with Crippen LogP contribution in [0.4, 0.5) is 8.78 Å². The van der Waals surface area contributed by atoms with Crippen molar-refractivity contribution < 1.29 is 8.78 Å². The van der Waals surface area contributed by atoms with Crippen molar-refractivity contribution in [2.24, 2.45) is 0 Å². The van der Waals surface area contributed by atoms with Crippen LogP contribution in [0.15, 0.2) is 12.7 Å². The van der Waals surface area contributed by atoms with Crippen molar-refractivity contribution >= 4 is 0 Å². The van der Waals surface area contributed by atoms with Crippen LogP contribution in [0.1, 0.15) is 40.0 Å². The van der Waals surface area contributed by atoms with Gasteiger partial charge < -0.3 is 0 Å². The lowest BCUT2D eigenvalue weighted by Gasteiger charge is -1.79. The first-order valence-electron chi connectivity index (χ1n) is 4.06. The van der Waals surface area contributed by atoms with Crippen LogP contribution in [0.3, 0.4) is 0 Å². The van der Waals surface area contributed by atoms with Crippen molar-refractivity contribution in [3.63, 3.8) is 0 Å². The summed E-state index contributed by atoms with van der Waals surface area (Å²) < 4.78 is 22.1. The number of rotatable bonds is 5. The smallest absolute Gasteiger partial charge is 0.0897 e. The third kappa shape index (κ3) is 33.6. The van der Waals surface area contributed by atoms with E-state index >= 15 is 0 Å². The SMILES string of the molecule is C.C=CCCCF.CCCCF.